The first-order chi connectivity index (χ1) is 15.0. The van der Waals surface area contributed by atoms with Crippen LogP contribution in [0.5, 0.6) is 5.75 Å². The molecular weight excluding hydrogens is 394 g/mol. The van der Waals surface area contributed by atoms with Gasteiger partial charge in [-0.05, 0) is 74.9 Å². The van der Waals surface area contributed by atoms with Gasteiger partial charge in [-0.25, -0.2) is 4.79 Å². The summed E-state index contributed by atoms with van der Waals surface area (Å²) in [4.78, 5) is 29.3. The van der Waals surface area contributed by atoms with Crippen LogP contribution in [0.1, 0.15) is 50.2 Å². The number of carboxylic acid groups (broad SMARTS) is 1. The van der Waals surface area contributed by atoms with Crippen molar-refractivity contribution >= 4 is 12.0 Å². The number of unbranched alkanes of at least 4 members (excludes halogenated alkanes) is 1. The van der Waals surface area contributed by atoms with Crippen LogP contribution in [0.15, 0.2) is 18.2 Å². The fourth-order valence-corrected chi connectivity index (χ4v) is 4.83. The summed E-state index contributed by atoms with van der Waals surface area (Å²) < 4.78 is 5.42. The van der Waals surface area contributed by atoms with Gasteiger partial charge in [-0.1, -0.05) is 13.0 Å². The summed E-state index contributed by atoms with van der Waals surface area (Å²) in [6, 6.07) is 7.02. The summed E-state index contributed by atoms with van der Waals surface area (Å²) in [6.07, 6.45) is 5.88. The van der Waals surface area contributed by atoms with Crippen LogP contribution >= 0.6 is 0 Å². The first-order valence-electron chi connectivity index (χ1n) is 11.7. The Morgan fingerprint density at radius 2 is 2.00 bits per heavy atom. The fraction of sp³-hybridized carbons (Fsp3) is 0.667. The second-order valence-electron chi connectivity index (χ2n) is 8.67. The molecule has 0 bridgehead atoms. The minimum Gasteiger partial charge on any atom is -0.497 e. The minimum absolute atomic E-state index is 0.0759. The van der Waals surface area contributed by atoms with E-state index in [4.69, 9.17) is 9.84 Å². The van der Waals surface area contributed by atoms with Gasteiger partial charge in [0.2, 0.25) is 5.91 Å². The molecule has 0 saturated carbocycles. The Labute approximate surface area is 185 Å². The van der Waals surface area contributed by atoms with E-state index in [-0.39, 0.29) is 5.91 Å². The Morgan fingerprint density at radius 3 is 2.74 bits per heavy atom. The number of aryl methyl sites for hydroxylation is 1. The molecule has 1 fully saturated rings. The molecule has 7 heteroatoms. The van der Waals surface area contributed by atoms with Crippen LogP contribution in [-0.2, 0) is 17.6 Å². The number of rotatable bonds is 9. The van der Waals surface area contributed by atoms with Crippen LogP contribution < -0.4 is 4.74 Å². The van der Waals surface area contributed by atoms with Crippen molar-refractivity contribution in [3.8, 4) is 5.75 Å². The number of fused-ring (bicyclic) bond motifs is 1. The van der Waals surface area contributed by atoms with Crippen LogP contribution in [0, 0.1) is 0 Å². The number of nitrogens with zero attached hydrogens (tertiary/aromatic N) is 3. The smallest absolute Gasteiger partial charge is 0.407 e. The number of carbonyl (C=O) groups is 2. The van der Waals surface area contributed by atoms with E-state index >= 15 is 0 Å². The second-order valence-corrected chi connectivity index (χ2v) is 8.67. The minimum atomic E-state index is -0.934. The van der Waals surface area contributed by atoms with Gasteiger partial charge in [0.05, 0.1) is 7.11 Å². The average molecular weight is 432 g/mol. The number of benzene rings is 1. The molecule has 1 aliphatic carbocycles. The molecule has 1 unspecified atom stereocenters. The third kappa shape index (κ3) is 6.35. The molecule has 0 radical (unpaired) electrons. The van der Waals surface area contributed by atoms with Gasteiger partial charge in [-0.15, -0.1) is 0 Å². The van der Waals surface area contributed by atoms with Crippen LogP contribution in [0.25, 0.3) is 0 Å². The molecular formula is C24H37N3O4. The maximum Gasteiger partial charge on any atom is 0.407 e. The monoisotopic (exact) mass is 431 g/mol. The SMILES string of the molecule is CCCN(CCCCN1CCN(C(=O)O)CCC1=O)C1CCc2ccc(OC)cc2C1. The standard InChI is InChI=1S/C24H37N3O4/c1-3-11-25(21-8-6-19-7-9-22(31-2)18-20(19)17-21)12-4-5-13-26-15-16-27(24(29)30)14-10-23(26)28/h7,9,18,21H,3-6,8,10-17H2,1-2H3,(H,29,30). The van der Waals surface area contributed by atoms with Crippen molar-refractivity contribution in [1.29, 1.82) is 0 Å². The summed E-state index contributed by atoms with van der Waals surface area (Å²) in [5.74, 6) is 1.01. The average Bonchev–Trinajstić information content (AvgIpc) is 2.96. The summed E-state index contributed by atoms with van der Waals surface area (Å²) >= 11 is 0. The maximum absolute atomic E-state index is 12.3. The first kappa shape index (κ1) is 23.4. The molecule has 1 aromatic carbocycles. The zero-order chi connectivity index (χ0) is 22.2. The van der Waals surface area contributed by atoms with Crippen molar-refractivity contribution in [3.63, 3.8) is 0 Å². The summed E-state index contributed by atoms with van der Waals surface area (Å²) in [7, 11) is 1.72. The van der Waals surface area contributed by atoms with Gasteiger partial charge in [0.15, 0.2) is 0 Å². The molecule has 172 valence electrons. The van der Waals surface area contributed by atoms with Crippen molar-refractivity contribution in [2.45, 2.75) is 57.9 Å². The van der Waals surface area contributed by atoms with E-state index < -0.39 is 6.09 Å². The van der Waals surface area contributed by atoms with Gasteiger partial charge in [-0.2, -0.15) is 0 Å². The lowest BCUT2D eigenvalue weighted by Gasteiger charge is -2.35. The molecule has 0 aromatic heterocycles. The summed E-state index contributed by atoms with van der Waals surface area (Å²) in [5, 5.41) is 9.16. The molecule has 2 aliphatic rings. The van der Waals surface area contributed by atoms with E-state index in [1.807, 2.05) is 4.90 Å². The largest absolute Gasteiger partial charge is 0.497 e. The normalized spacial score (nSPS) is 19.3. The lowest BCUT2D eigenvalue weighted by atomic mass is 9.87. The second kappa shape index (κ2) is 11.4. The Morgan fingerprint density at radius 1 is 1.16 bits per heavy atom. The van der Waals surface area contributed by atoms with E-state index in [1.165, 1.54) is 22.4 Å². The highest BCUT2D eigenvalue weighted by atomic mass is 16.5. The Bertz CT molecular complexity index is 754. The Kier molecular flexibility index (Phi) is 8.58. The molecule has 0 spiro atoms. The highest BCUT2D eigenvalue weighted by Crippen LogP contribution is 2.28. The van der Waals surface area contributed by atoms with Gasteiger partial charge in [0, 0.05) is 38.6 Å². The fourth-order valence-electron chi connectivity index (χ4n) is 4.83. The van der Waals surface area contributed by atoms with E-state index in [0.29, 0.717) is 32.1 Å². The molecule has 1 aliphatic heterocycles. The topological polar surface area (TPSA) is 73.3 Å². The van der Waals surface area contributed by atoms with Gasteiger partial charge in [0.1, 0.15) is 5.75 Å². The van der Waals surface area contributed by atoms with Crippen molar-refractivity contribution in [2.75, 3.05) is 46.4 Å². The number of ether oxygens (including phenoxy) is 1. The number of hydrogen-bond acceptors (Lipinski definition) is 4. The zero-order valence-corrected chi connectivity index (χ0v) is 19.0. The molecule has 3 rings (SSSR count). The van der Waals surface area contributed by atoms with Gasteiger partial charge < -0.3 is 24.5 Å². The zero-order valence-electron chi connectivity index (χ0n) is 19.0. The molecule has 31 heavy (non-hydrogen) atoms. The van der Waals surface area contributed by atoms with Gasteiger partial charge in [-0.3, -0.25) is 4.79 Å². The molecule has 1 aromatic rings. The Hall–Kier alpha value is -2.28. The van der Waals surface area contributed by atoms with Crippen molar-refractivity contribution in [2.24, 2.45) is 0 Å². The number of hydrogen-bond donors (Lipinski definition) is 1. The number of methoxy groups -OCH3 is 1. The predicted molar refractivity (Wildman–Crippen MR) is 121 cm³/mol. The molecule has 1 N–H and O–H groups in total. The highest BCUT2D eigenvalue weighted by molar-refractivity contribution is 5.77. The van der Waals surface area contributed by atoms with Crippen LogP contribution in [0.3, 0.4) is 0 Å². The van der Waals surface area contributed by atoms with Crippen LogP contribution in [0.2, 0.25) is 0 Å². The lowest BCUT2D eigenvalue weighted by molar-refractivity contribution is -0.130. The quantitative estimate of drug-likeness (QED) is 0.608. The van der Waals surface area contributed by atoms with Crippen molar-refractivity contribution < 1.29 is 19.4 Å². The summed E-state index contributed by atoms with van der Waals surface area (Å²) in [5.41, 5.74) is 2.86. The maximum atomic E-state index is 12.3. The van der Waals surface area contributed by atoms with Gasteiger partial charge in [0.25, 0.3) is 0 Å². The Balaban J connectivity index is 1.48. The predicted octanol–water partition coefficient (Wildman–Crippen LogP) is 3.26. The molecule has 1 saturated heterocycles. The molecule has 2 amide bonds. The number of amides is 2. The van der Waals surface area contributed by atoms with E-state index in [1.54, 1.807) is 7.11 Å². The van der Waals surface area contributed by atoms with Crippen LogP contribution in [-0.4, -0.2) is 84.2 Å². The van der Waals surface area contributed by atoms with Crippen molar-refractivity contribution in [1.82, 2.24) is 14.7 Å². The van der Waals surface area contributed by atoms with E-state index in [0.717, 1.165) is 57.5 Å². The highest BCUT2D eigenvalue weighted by Gasteiger charge is 2.25. The van der Waals surface area contributed by atoms with E-state index in [9.17, 15) is 9.59 Å². The molecule has 1 heterocycles. The third-order valence-electron chi connectivity index (χ3n) is 6.63. The lowest BCUT2D eigenvalue weighted by Crippen LogP contribution is -2.41. The molecule has 1 atom stereocenters. The summed E-state index contributed by atoms with van der Waals surface area (Å²) in [6.45, 7) is 6.32. The number of carbonyl (C=O) groups excluding carboxylic acids is 1. The van der Waals surface area contributed by atoms with Crippen LogP contribution in [0.4, 0.5) is 4.79 Å². The third-order valence-corrected chi connectivity index (χ3v) is 6.63. The molecule has 7 nitrogen and oxygen atoms in total. The van der Waals surface area contributed by atoms with E-state index in [2.05, 4.69) is 30.0 Å². The van der Waals surface area contributed by atoms with Gasteiger partial charge >= 0.3 is 6.09 Å². The van der Waals surface area contributed by atoms with Crippen molar-refractivity contribution in [3.05, 3.63) is 29.3 Å². The first-order valence-corrected chi connectivity index (χ1v) is 11.7.